The van der Waals surface area contributed by atoms with Crippen molar-refractivity contribution < 1.29 is 4.79 Å². The van der Waals surface area contributed by atoms with Crippen molar-refractivity contribution in [2.24, 2.45) is 17.1 Å². The third kappa shape index (κ3) is 8.72. The lowest BCUT2D eigenvalue weighted by Crippen LogP contribution is -2.35. The van der Waals surface area contributed by atoms with Gasteiger partial charge in [-0.1, -0.05) is 41.0 Å². The lowest BCUT2D eigenvalue weighted by Gasteiger charge is -2.22. The summed E-state index contributed by atoms with van der Waals surface area (Å²) in [6, 6.07) is -0.0306. The Balaban J connectivity index is 3.79. The largest absolute Gasteiger partial charge is 0.356 e. The van der Waals surface area contributed by atoms with E-state index in [0.29, 0.717) is 12.3 Å². The van der Waals surface area contributed by atoms with Gasteiger partial charge in [-0.2, -0.15) is 0 Å². The van der Waals surface area contributed by atoms with E-state index >= 15 is 0 Å². The highest BCUT2D eigenvalue weighted by Crippen LogP contribution is 2.20. The third-order valence-electron chi connectivity index (χ3n) is 2.67. The highest BCUT2D eigenvalue weighted by molar-refractivity contribution is 5.76. The van der Waals surface area contributed by atoms with Crippen molar-refractivity contribution >= 4 is 5.91 Å². The Morgan fingerprint density at radius 3 is 2.38 bits per heavy atom. The highest BCUT2D eigenvalue weighted by atomic mass is 16.1. The van der Waals surface area contributed by atoms with E-state index in [9.17, 15) is 4.79 Å². The molecule has 0 bridgehead atoms. The molecule has 3 nitrogen and oxygen atoms in total. The number of nitrogens with one attached hydrogen (secondary N) is 1. The van der Waals surface area contributed by atoms with Crippen molar-refractivity contribution in [3.63, 3.8) is 0 Å². The van der Waals surface area contributed by atoms with E-state index < -0.39 is 0 Å². The SMILES string of the molecule is CCC(C)CNC(=O)CC(N)CC(C)(C)C. The number of hydrogen-bond acceptors (Lipinski definition) is 2. The van der Waals surface area contributed by atoms with E-state index in [1.165, 1.54) is 0 Å². The molecule has 0 fully saturated rings. The summed E-state index contributed by atoms with van der Waals surface area (Å²) >= 11 is 0. The van der Waals surface area contributed by atoms with Gasteiger partial charge in [-0.25, -0.2) is 0 Å². The van der Waals surface area contributed by atoms with Crippen LogP contribution in [0.4, 0.5) is 0 Å². The molecule has 0 saturated heterocycles. The standard InChI is InChI=1S/C13H28N2O/c1-6-10(2)9-15-12(16)7-11(14)8-13(3,4)5/h10-11H,6-9,14H2,1-5H3,(H,15,16). The first kappa shape index (κ1) is 15.4. The molecule has 0 heterocycles. The Hall–Kier alpha value is -0.570. The van der Waals surface area contributed by atoms with Crippen molar-refractivity contribution in [3.8, 4) is 0 Å². The molecule has 0 radical (unpaired) electrons. The average Bonchev–Trinajstić information content (AvgIpc) is 2.10. The molecule has 0 saturated carbocycles. The third-order valence-corrected chi connectivity index (χ3v) is 2.67. The van der Waals surface area contributed by atoms with Crippen molar-refractivity contribution in [1.82, 2.24) is 5.32 Å². The fourth-order valence-electron chi connectivity index (χ4n) is 1.60. The van der Waals surface area contributed by atoms with E-state index in [1.807, 2.05) is 0 Å². The van der Waals surface area contributed by atoms with Crippen LogP contribution in [-0.2, 0) is 4.79 Å². The van der Waals surface area contributed by atoms with Gasteiger partial charge in [0.2, 0.25) is 5.91 Å². The molecule has 0 aliphatic rings. The van der Waals surface area contributed by atoms with Gasteiger partial charge in [-0.05, 0) is 17.8 Å². The van der Waals surface area contributed by atoms with E-state index in [0.717, 1.165) is 19.4 Å². The molecule has 2 unspecified atom stereocenters. The maximum Gasteiger partial charge on any atom is 0.221 e. The Kier molecular flexibility index (Phi) is 6.65. The molecule has 96 valence electrons. The first-order valence-electron chi connectivity index (χ1n) is 6.27. The molecule has 3 N–H and O–H groups in total. The van der Waals surface area contributed by atoms with E-state index in [-0.39, 0.29) is 17.4 Å². The van der Waals surface area contributed by atoms with Crippen LogP contribution in [0.25, 0.3) is 0 Å². The molecule has 0 rings (SSSR count). The van der Waals surface area contributed by atoms with Gasteiger partial charge in [0.05, 0.1) is 0 Å². The topological polar surface area (TPSA) is 55.1 Å². The van der Waals surface area contributed by atoms with Gasteiger partial charge >= 0.3 is 0 Å². The van der Waals surface area contributed by atoms with Crippen LogP contribution in [0.2, 0.25) is 0 Å². The molecule has 0 aliphatic carbocycles. The molecule has 16 heavy (non-hydrogen) atoms. The molecule has 0 aromatic heterocycles. The summed E-state index contributed by atoms with van der Waals surface area (Å²) in [6.07, 6.45) is 2.41. The van der Waals surface area contributed by atoms with Crippen molar-refractivity contribution in [2.75, 3.05) is 6.54 Å². The van der Waals surface area contributed by atoms with Gasteiger partial charge in [0.25, 0.3) is 0 Å². The number of carbonyl (C=O) groups is 1. The van der Waals surface area contributed by atoms with Gasteiger partial charge in [-0.3, -0.25) is 4.79 Å². The van der Waals surface area contributed by atoms with E-state index in [1.54, 1.807) is 0 Å². The molecular formula is C13H28N2O. The molecule has 0 spiro atoms. The Morgan fingerprint density at radius 1 is 1.38 bits per heavy atom. The Bertz CT molecular complexity index is 208. The first-order valence-corrected chi connectivity index (χ1v) is 6.27. The number of amides is 1. The number of rotatable bonds is 6. The Labute approximate surface area is 100 Å². The number of carbonyl (C=O) groups excluding carboxylic acids is 1. The quantitative estimate of drug-likeness (QED) is 0.733. The van der Waals surface area contributed by atoms with Crippen LogP contribution < -0.4 is 11.1 Å². The fourth-order valence-corrected chi connectivity index (χ4v) is 1.60. The summed E-state index contributed by atoms with van der Waals surface area (Å²) in [5, 5.41) is 2.93. The minimum absolute atomic E-state index is 0.0306. The Morgan fingerprint density at radius 2 is 1.94 bits per heavy atom. The van der Waals surface area contributed by atoms with Gasteiger partial charge in [0, 0.05) is 19.0 Å². The predicted octanol–water partition coefficient (Wildman–Crippen LogP) is 2.30. The predicted molar refractivity (Wildman–Crippen MR) is 69.1 cm³/mol. The molecule has 3 heteroatoms. The molecule has 0 aliphatic heterocycles. The van der Waals surface area contributed by atoms with Crippen LogP contribution >= 0.6 is 0 Å². The summed E-state index contributed by atoms with van der Waals surface area (Å²) in [5.41, 5.74) is 6.13. The van der Waals surface area contributed by atoms with Crippen LogP contribution in [0.5, 0.6) is 0 Å². The molecule has 1 amide bonds. The molecular weight excluding hydrogens is 200 g/mol. The van der Waals surface area contributed by atoms with Crippen molar-refractivity contribution in [2.45, 2.75) is 59.9 Å². The van der Waals surface area contributed by atoms with Crippen LogP contribution in [0, 0.1) is 11.3 Å². The lowest BCUT2D eigenvalue weighted by atomic mass is 9.87. The second-order valence-electron chi connectivity index (χ2n) is 6.05. The first-order chi connectivity index (χ1) is 7.24. The number of hydrogen-bond donors (Lipinski definition) is 2. The monoisotopic (exact) mass is 228 g/mol. The van der Waals surface area contributed by atoms with Crippen LogP contribution in [0.3, 0.4) is 0 Å². The number of nitrogens with two attached hydrogens (primary N) is 1. The minimum atomic E-state index is -0.0306. The summed E-state index contributed by atoms with van der Waals surface area (Å²) in [5.74, 6) is 0.625. The molecule has 0 aromatic rings. The van der Waals surface area contributed by atoms with E-state index in [4.69, 9.17) is 5.73 Å². The maximum atomic E-state index is 11.6. The van der Waals surface area contributed by atoms with Gasteiger partial charge in [-0.15, -0.1) is 0 Å². The zero-order valence-electron chi connectivity index (χ0n) is 11.5. The van der Waals surface area contributed by atoms with E-state index in [2.05, 4.69) is 39.9 Å². The summed E-state index contributed by atoms with van der Waals surface area (Å²) in [4.78, 5) is 11.6. The normalized spacial score (nSPS) is 15.6. The zero-order chi connectivity index (χ0) is 12.8. The minimum Gasteiger partial charge on any atom is -0.356 e. The molecule has 2 atom stereocenters. The highest BCUT2D eigenvalue weighted by Gasteiger charge is 2.18. The second-order valence-corrected chi connectivity index (χ2v) is 6.05. The fraction of sp³-hybridized carbons (Fsp3) is 0.923. The van der Waals surface area contributed by atoms with Crippen LogP contribution in [-0.4, -0.2) is 18.5 Å². The summed E-state index contributed by atoms with van der Waals surface area (Å²) in [7, 11) is 0. The van der Waals surface area contributed by atoms with Gasteiger partial charge in [0.15, 0.2) is 0 Å². The van der Waals surface area contributed by atoms with Gasteiger partial charge < -0.3 is 11.1 Å². The maximum absolute atomic E-state index is 11.6. The summed E-state index contributed by atoms with van der Waals surface area (Å²) in [6.45, 7) is 11.5. The molecule has 0 aromatic carbocycles. The zero-order valence-corrected chi connectivity index (χ0v) is 11.5. The average molecular weight is 228 g/mol. The van der Waals surface area contributed by atoms with Crippen molar-refractivity contribution in [1.29, 1.82) is 0 Å². The van der Waals surface area contributed by atoms with Gasteiger partial charge in [0.1, 0.15) is 0 Å². The van der Waals surface area contributed by atoms with Crippen molar-refractivity contribution in [3.05, 3.63) is 0 Å². The second kappa shape index (κ2) is 6.89. The van der Waals surface area contributed by atoms with Crippen LogP contribution in [0.15, 0.2) is 0 Å². The summed E-state index contributed by atoms with van der Waals surface area (Å²) < 4.78 is 0. The lowest BCUT2D eigenvalue weighted by molar-refractivity contribution is -0.121. The van der Waals surface area contributed by atoms with Crippen LogP contribution in [0.1, 0.15) is 53.9 Å². The smallest absolute Gasteiger partial charge is 0.221 e.